The van der Waals surface area contributed by atoms with E-state index in [1.54, 1.807) is 4.57 Å². The fourth-order valence-electron chi connectivity index (χ4n) is 0.725. The Morgan fingerprint density at radius 2 is 2.25 bits per heavy atom. The van der Waals surface area contributed by atoms with Gasteiger partial charge in [0.05, 0.1) is 12.3 Å². The van der Waals surface area contributed by atoms with Crippen molar-refractivity contribution in [3.8, 4) is 0 Å². The molecular weight excluding hydrogens is 151 g/mol. The molecule has 0 aliphatic carbocycles. The molecule has 1 aromatic rings. The molecule has 0 radical (unpaired) electrons. The monoisotopic (exact) mass is 160 g/mol. The maximum atomic E-state index is 10.2. The van der Waals surface area contributed by atoms with E-state index < -0.39 is 5.97 Å². The first kappa shape index (κ1) is 11.3. The van der Waals surface area contributed by atoms with Gasteiger partial charge in [0.15, 0.2) is 0 Å². The number of hydrogen-bond acceptors (Lipinski definition) is 3. The van der Waals surface area contributed by atoms with Crippen molar-refractivity contribution in [2.75, 3.05) is 0 Å². The molecule has 0 fully saturated rings. The second-order valence-electron chi connectivity index (χ2n) is 2.59. The zero-order valence-electron chi connectivity index (χ0n) is 7.44. The average Bonchev–Trinajstić information content (AvgIpc) is 2.33. The number of nitrogens with zero attached hydrogens (tertiary/aromatic N) is 2. The van der Waals surface area contributed by atoms with Crippen LogP contribution in [0.4, 0.5) is 0 Å². The fourth-order valence-corrected chi connectivity index (χ4v) is 0.725. The second-order valence-corrected chi connectivity index (χ2v) is 2.59. The molecule has 4 nitrogen and oxygen atoms in total. The molecule has 1 rings (SSSR count). The number of carbonyl (C=O) groups is 1. The van der Waals surface area contributed by atoms with Crippen LogP contribution in [-0.2, 0) is 0 Å². The van der Waals surface area contributed by atoms with Crippen molar-refractivity contribution in [2.24, 2.45) is 0 Å². The van der Waals surface area contributed by atoms with Crippen LogP contribution in [0.25, 0.3) is 0 Å². The molecule has 0 saturated heterocycles. The van der Waals surface area contributed by atoms with E-state index in [0.717, 1.165) is 0 Å². The van der Waals surface area contributed by atoms with Gasteiger partial charge in [0.2, 0.25) is 0 Å². The van der Waals surface area contributed by atoms with Crippen LogP contribution in [-0.4, -0.2) is 15.5 Å². The molecule has 0 amide bonds. The summed E-state index contributed by atoms with van der Waals surface area (Å²) in [5.74, 6) is -1.23. The molecule has 0 N–H and O–H groups in total. The number of hydrogen-bond donors (Lipinski definition) is 0. The Labute approximate surface area is 82.8 Å². The number of carboxylic acid groups (broad SMARTS) is 1. The maximum absolute atomic E-state index is 10.2. The molecular formula is C7H9LiN2O2. The molecule has 0 aliphatic heterocycles. The largest absolute Gasteiger partial charge is 1.00 e. The molecule has 5 heteroatoms. The van der Waals surface area contributed by atoms with Crippen LogP contribution in [0.1, 0.15) is 30.4 Å². The average molecular weight is 160 g/mol. The maximum Gasteiger partial charge on any atom is 1.00 e. The van der Waals surface area contributed by atoms with Gasteiger partial charge in [0.25, 0.3) is 0 Å². The van der Waals surface area contributed by atoms with E-state index in [0.29, 0.717) is 0 Å². The third-order valence-corrected chi connectivity index (χ3v) is 1.41. The van der Waals surface area contributed by atoms with Crippen molar-refractivity contribution in [1.82, 2.24) is 9.55 Å². The number of imidazole rings is 1. The molecule has 1 aromatic heterocycles. The van der Waals surface area contributed by atoms with E-state index >= 15 is 0 Å². The molecule has 1 heterocycles. The van der Waals surface area contributed by atoms with Crippen LogP contribution in [0.3, 0.4) is 0 Å². The van der Waals surface area contributed by atoms with E-state index in [4.69, 9.17) is 0 Å². The van der Waals surface area contributed by atoms with Gasteiger partial charge in [-0.15, -0.1) is 0 Å². The minimum absolute atomic E-state index is 0. The molecule has 12 heavy (non-hydrogen) atoms. The molecule has 0 saturated carbocycles. The Morgan fingerprint density at radius 3 is 2.50 bits per heavy atom. The zero-order chi connectivity index (χ0) is 8.43. The summed E-state index contributed by atoms with van der Waals surface area (Å²) in [4.78, 5) is 13.9. The van der Waals surface area contributed by atoms with Crippen molar-refractivity contribution in [3.63, 3.8) is 0 Å². The van der Waals surface area contributed by atoms with Gasteiger partial charge in [-0.2, -0.15) is 0 Å². The Hall–Kier alpha value is -0.723. The zero-order valence-corrected chi connectivity index (χ0v) is 7.44. The van der Waals surface area contributed by atoms with Gasteiger partial charge >= 0.3 is 18.9 Å². The van der Waals surface area contributed by atoms with Crippen LogP contribution in [0.15, 0.2) is 12.5 Å². The predicted molar refractivity (Wildman–Crippen MR) is 36.9 cm³/mol. The minimum Gasteiger partial charge on any atom is -0.543 e. The second kappa shape index (κ2) is 4.34. The normalized spacial score (nSPS) is 9.58. The van der Waals surface area contributed by atoms with Crippen LogP contribution < -0.4 is 24.0 Å². The number of aromatic nitrogens is 2. The van der Waals surface area contributed by atoms with Crippen molar-refractivity contribution in [3.05, 3.63) is 18.2 Å². The number of aromatic carboxylic acids is 1. The summed E-state index contributed by atoms with van der Waals surface area (Å²) in [6.07, 6.45) is 2.94. The first-order valence-corrected chi connectivity index (χ1v) is 3.36. The van der Waals surface area contributed by atoms with Crippen LogP contribution >= 0.6 is 0 Å². The molecule has 0 aromatic carbocycles. The van der Waals surface area contributed by atoms with Crippen molar-refractivity contribution < 1.29 is 28.8 Å². The minimum atomic E-state index is -1.23. The smallest absolute Gasteiger partial charge is 0.543 e. The summed E-state index contributed by atoms with van der Waals surface area (Å²) in [5.41, 5.74) is -0.0151. The molecule has 0 unspecified atom stereocenters. The Kier molecular flexibility index (Phi) is 4.08. The SMILES string of the molecule is CC(C)n1cnc(C(=O)[O-])c1.[Li+]. The third kappa shape index (κ3) is 2.40. The van der Waals surface area contributed by atoms with Gasteiger partial charge in [-0.3, -0.25) is 0 Å². The summed E-state index contributed by atoms with van der Waals surface area (Å²) in [7, 11) is 0. The Morgan fingerprint density at radius 1 is 1.67 bits per heavy atom. The number of carboxylic acids is 1. The number of rotatable bonds is 2. The Bertz CT molecular complexity index is 270. The number of carbonyl (C=O) groups excluding carboxylic acids is 1. The van der Waals surface area contributed by atoms with Crippen molar-refractivity contribution >= 4 is 5.97 Å². The summed E-state index contributed by atoms with van der Waals surface area (Å²) in [6.45, 7) is 3.89. The standard InChI is InChI=1S/C7H10N2O2.Li/c1-5(2)9-3-6(7(10)11)8-4-9;/h3-5H,1-2H3,(H,10,11);/q;+1/p-1. The van der Waals surface area contributed by atoms with Gasteiger partial charge in [-0.25, -0.2) is 4.98 Å². The molecule has 60 valence electrons. The molecule has 0 aliphatic rings. The molecule has 0 spiro atoms. The van der Waals surface area contributed by atoms with Gasteiger partial charge in [0, 0.05) is 12.2 Å². The van der Waals surface area contributed by atoms with Crippen LogP contribution in [0.2, 0.25) is 0 Å². The molecule has 0 atom stereocenters. The van der Waals surface area contributed by atoms with Gasteiger partial charge in [0.1, 0.15) is 5.69 Å². The quantitative estimate of drug-likeness (QED) is 0.429. The van der Waals surface area contributed by atoms with Crippen molar-refractivity contribution in [2.45, 2.75) is 19.9 Å². The summed E-state index contributed by atoms with van der Waals surface area (Å²) < 4.78 is 1.71. The predicted octanol–water partition coefficient (Wildman–Crippen LogP) is -3.17. The van der Waals surface area contributed by atoms with E-state index in [1.165, 1.54) is 12.5 Å². The van der Waals surface area contributed by atoms with E-state index in [9.17, 15) is 9.90 Å². The van der Waals surface area contributed by atoms with Gasteiger partial charge < -0.3 is 14.5 Å². The van der Waals surface area contributed by atoms with Crippen LogP contribution in [0, 0.1) is 0 Å². The summed E-state index contributed by atoms with van der Waals surface area (Å²) in [5, 5.41) is 10.2. The molecule has 0 bridgehead atoms. The van der Waals surface area contributed by atoms with E-state index in [-0.39, 0.29) is 30.6 Å². The fraction of sp³-hybridized carbons (Fsp3) is 0.429. The Balaban J connectivity index is 0.00000121. The third-order valence-electron chi connectivity index (χ3n) is 1.41. The van der Waals surface area contributed by atoms with Gasteiger partial charge in [-0.05, 0) is 13.8 Å². The van der Waals surface area contributed by atoms with Crippen LogP contribution in [0.5, 0.6) is 0 Å². The van der Waals surface area contributed by atoms with Crippen molar-refractivity contribution in [1.29, 1.82) is 0 Å². The summed E-state index contributed by atoms with van der Waals surface area (Å²) in [6, 6.07) is 0.232. The summed E-state index contributed by atoms with van der Waals surface area (Å²) >= 11 is 0. The first-order valence-electron chi connectivity index (χ1n) is 3.36. The topological polar surface area (TPSA) is 58.0 Å². The van der Waals surface area contributed by atoms with E-state index in [1.807, 2.05) is 13.8 Å². The van der Waals surface area contributed by atoms with Gasteiger partial charge in [-0.1, -0.05) is 0 Å². The van der Waals surface area contributed by atoms with E-state index in [2.05, 4.69) is 4.98 Å². The first-order chi connectivity index (χ1) is 5.11.